The molecular formula is C13H17N3O3. The van der Waals surface area contributed by atoms with Gasteiger partial charge in [0.15, 0.2) is 0 Å². The molecule has 1 rings (SSSR count). The van der Waals surface area contributed by atoms with Gasteiger partial charge in [0.05, 0.1) is 5.69 Å². The van der Waals surface area contributed by atoms with E-state index >= 15 is 0 Å². The van der Waals surface area contributed by atoms with E-state index in [0.717, 1.165) is 4.90 Å². The molecule has 0 aliphatic carbocycles. The predicted molar refractivity (Wildman–Crippen MR) is 72.3 cm³/mol. The molecule has 0 spiro atoms. The zero-order chi connectivity index (χ0) is 14.6. The lowest BCUT2D eigenvalue weighted by molar-refractivity contribution is -0.139. The maximum Gasteiger partial charge on any atom is 0.323 e. The average Bonchev–Trinajstić information content (AvgIpc) is 2.30. The van der Waals surface area contributed by atoms with Gasteiger partial charge in [-0.1, -0.05) is 0 Å². The average molecular weight is 263 g/mol. The zero-order valence-corrected chi connectivity index (χ0v) is 11.1. The van der Waals surface area contributed by atoms with Crippen LogP contribution in [-0.2, 0) is 14.4 Å². The Morgan fingerprint density at radius 1 is 1.16 bits per heavy atom. The molecule has 6 nitrogen and oxygen atoms in total. The number of nitrogens with two attached hydrogens (primary N) is 1. The van der Waals surface area contributed by atoms with Crippen LogP contribution in [0.25, 0.3) is 0 Å². The highest BCUT2D eigenvalue weighted by Crippen LogP contribution is 2.16. The van der Waals surface area contributed by atoms with Crippen LogP contribution in [0.1, 0.15) is 20.8 Å². The summed E-state index contributed by atoms with van der Waals surface area (Å²) in [5, 5.41) is 2.45. The number of nitrogens with one attached hydrogen (secondary N) is 1. The summed E-state index contributed by atoms with van der Waals surface area (Å²) in [6, 6.07) is 5.95. The maximum atomic E-state index is 12.0. The first kappa shape index (κ1) is 14.7. The minimum absolute atomic E-state index is 0.184. The van der Waals surface area contributed by atoms with Crippen molar-refractivity contribution in [2.45, 2.75) is 26.8 Å². The van der Waals surface area contributed by atoms with E-state index in [-0.39, 0.29) is 6.04 Å². The predicted octanol–water partition coefficient (Wildman–Crippen LogP) is 0.673. The van der Waals surface area contributed by atoms with Crippen molar-refractivity contribution >= 4 is 29.1 Å². The summed E-state index contributed by atoms with van der Waals surface area (Å²) in [6.45, 7) is 4.68. The Morgan fingerprint density at radius 3 is 2.11 bits per heavy atom. The molecule has 3 N–H and O–H groups in total. The number of carbonyl (C=O) groups is 3. The van der Waals surface area contributed by atoms with Crippen molar-refractivity contribution in [2.24, 2.45) is 0 Å². The highest BCUT2D eigenvalue weighted by molar-refractivity contribution is 6.45. The van der Waals surface area contributed by atoms with E-state index in [9.17, 15) is 14.4 Å². The number of amides is 3. The SMILES string of the molecule is CC(=O)N(C(=O)C(=O)NC(C)C)c1ccc(N)cc1. The van der Waals surface area contributed by atoms with Crippen LogP contribution < -0.4 is 16.0 Å². The molecule has 1 aromatic carbocycles. The van der Waals surface area contributed by atoms with E-state index in [4.69, 9.17) is 5.73 Å². The largest absolute Gasteiger partial charge is 0.399 e. The standard InChI is InChI=1S/C13H17N3O3/c1-8(2)15-12(18)13(19)16(9(3)17)11-6-4-10(14)5-7-11/h4-8H,14H2,1-3H3,(H,15,18). The molecule has 1 aromatic rings. The monoisotopic (exact) mass is 263 g/mol. The Balaban J connectivity index is 3.01. The molecular weight excluding hydrogens is 246 g/mol. The van der Waals surface area contributed by atoms with Gasteiger partial charge in [0.25, 0.3) is 0 Å². The quantitative estimate of drug-likeness (QED) is 0.606. The van der Waals surface area contributed by atoms with Gasteiger partial charge in [-0.15, -0.1) is 0 Å². The molecule has 0 atom stereocenters. The molecule has 0 heterocycles. The summed E-state index contributed by atoms with van der Waals surface area (Å²) in [6.07, 6.45) is 0. The Bertz CT molecular complexity index is 494. The second kappa shape index (κ2) is 5.99. The van der Waals surface area contributed by atoms with Crippen molar-refractivity contribution in [2.75, 3.05) is 10.6 Å². The topological polar surface area (TPSA) is 92.5 Å². The van der Waals surface area contributed by atoms with Crippen molar-refractivity contribution in [1.29, 1.82) is 0 Å². The van der Waals surface area contributed by atoms with Crippen molar-refractivity contribution in [3.63, 3.8) is 0 Å². The maximum absolute atomic E-state index is 12.0. The summed E-state index contributed by atoms with van der Waals surface area (Å²) in [4.78, 5) is 36.0. The van der Waals surface area contributed by atoms with Gasteiger partial charge in [0, 0.05) is 18.7 Å². The third-order valence-electron chi connectivity index (χ3n) is 2.28. The Morgan fingerprint density at radius 2 is 1.68 bits per heavy atom. The number of carbonyl (C=O) groups excluding carboxylic acids is 3. The lowest BCUT2D eigenvalue weighted by Crippen LogP contribution is -2.47. The van der Waals surface area contributed by atoms with Crippen molar-refractivity contribution in [3.05, 3.63) is 24.3 Å². The minimum atomic E-state index is -0.911. The number of hydrogen-bond acceptors (Lipinski definition) is 4. The van der Waals surface area contributed by atoms with Crippen molar-refractivity contribution in [1.82, 2.24) is 5.32 Å². The van der Waals surface area contributed by atoms with E-state index in [0.29, 0.717) is 11.4 Å². The number of rotatable bonds is 2. The van der Waals surface area contributed by atoms with Crippen molar-refractivity contribution in [3.8, 4) is 0 Å². The van der Waals surface area contributed by atoms with Gasteiger partial charge in [-0.2, -0.15) is 0 Å². The number of hydrogen-bond donors (Lipinski definition) is 2. The fourth-order valence-corrected chi connectivity index (χ4v) is 1.49. The Kier molecular flexibility index (Phi) is 4.63. The molecule has 0 aliphatic heterocycles. The lowest BCUT2D eigenvalue weighted by atomic mass is 10.2. The fourth-order valence-electron chi connectivity index (χ4n) is 1.49. The van der Waals surface area contributed by atoms with E-state index in [1.165, 1.54) is 19.1 Å². The molecule has 102 valence electrons. The number of imide groups is 1. The Hall–Kier alpha value is -2.37. The highest BCUT2D eigenvalue weighted by Gasteiger charge is 2.26. The van der Waals surface area contributed by atoms with Crippen LogP contribution in [0, 0.1) is 0 Å². The summed E-state index contributed by atoms with van der Waals surface area (Å²) in [5.41, 5.74) is 6.35. The molecule has 0 aromatic heterocycles. The van der Waals surface area contributed by atoms with Crippen LogP contribution in [0.2, 0.25) is 0 Å². The molecule has 0 aliphatic rings. The smallest absolute Gasteiger partial charge is 0.323 e. The normalized spacial score (nSPS) is 10.1. The lowest BCUT2D eigenvalue weighted by Gasteiger charge is -2.19. The third kappa shape index (κ3) is 3.80. The van der Waals surface area contributed by atoms with E-state index in [2.05, 4.69) is 5.32 Å². The number of benzene rings is 1. The van der Waals surface area contributed by atoms with E-state index < -0.39 is 17.7 Å². The van der Waals surface area contributed by atoms with Crippen LogP contribution in [-0.4, -0.2) is 23.8 Å². The van der Waals surface area contributed by atoms with Gasteiger partial charge in [0.2, 0.25) is 5.91 Å². The van der Waals surface area contributed by atoms with Gasteiger partial charge in [0.1, 0.15) is 0 Å². The highest BCUT2D eigenvalue weighted by atomic mass is 16.2. The van der Waals surface area contributed by atoms with Crippen LogP contribution in [0.15, 0.2) is 24.3 Å². The number of anilines is 2. The number of nitrogen functional groups attached to an aromatic ring is 1. The molecule has 19 heavy (non-hydrogen) atoms. The van der Waals surface area contributed by atoms with Gasteiger partial charge in [-0.05, 0) is 38.1 Å². The van der Waals surface area contributed by atoms with Gasteiger partial charge < -0.3 is 11.1 Å². The van der Waals surface area contributed by atoms with Gasteiger partial charge >= 0.3 is 11.8 Å². The van der Waals surface area contributed by atoms with Crippen LogP contribution in [0.5, 0.6) is 0 Å². The van der Waals surface area contributed by atoms with Crippen molar-refractivity contribution < 1.29 is 14.4 Å². The van der Waals surface area contributed by atoms with E-state index in [1.54, 1.807) is 26.0 Å². The summed E-state index contributed by atoms with van der Waals surface area (Å²) < 4.78 is 0. The van der Waals surface area contributed by atoms with E-state index in [1.807, 2.05) is 0 Å². The van der Waals surface area contributed by atoms with Gasteiger partial charge in [-0.25, -0.2) is 4.90 Å². The first-order valence-electron chi connectivity index (χ1n) is 5.84. The molecule has 0 saturated heterocycles. The minimum Gasteiger partial charge on any atom is -0.399 e. The molecule has 3 amide bonds. The molecule has 0 bridgehead atoms. The third-order valence-corrected chi connectivity index (χ3v) is 2.28. The molecule has 0 radical (unpaired) electrons. The Labute approximate surface area is 111 Å². The second-order valence-electron chi connectivity index (χ2n) is 4.38. The molecule has 0 unspecified atom stereocenters. The molecule has 0 saturated carbocycles. The molecule has 0 fully saturated rings. The number of nitrogens with zero attached hydrogens (tertiary/aromatic N) is 1. The van der Waals surface area contributed by atoms with Crippen LogP contribution in [0.4, 0.5) is 11.4 Å². The fraction of sp³-hybridized carbons (Fsp3) is 0.308. The molecule has 6 heteroatoms. The summed E-state index contributed by atoms with van der Waals surface area (Å²) in [7, 11) is 0. The first-order chi connectivity index (χ1) is 8.82. The first-order valence-corrected chi connectivity index (χ1v) is 5.84. The van der Waals surface area contributed by atoms with Crippen LogP contribution in [0.3, 0.4) is 0 Å². The summed E-state index contributed by atoms with van der Waals surface area (Å²) in [5.74, 6) is -2.26. The summed E-state index contributed by atoms with van der Waals surface area (Å²) >= 11 is 0. The second-order valence-corrected chi connectivity index (χ2v) is 4.38. The van der Waals surface area contributed by atoms with Crippen LogP contribution >= 0.6 is 0 Å². The zero-order valence-electron chi connectivity index (χ0n) is 11.1. The van der Waals surface area contributed by atoms with Gasteiger partial charge in [-0.3, -0.25) is 14.4 Å².